The number of nitrogens with zero attached hydrogens (tertiary/aromatic N) is 1. The molecule has 1 aliphatic heterocycles. The van der Waals surface area contributed by atoms with Crippen LogP contribution in [-0.2, 0) is 20.4 Å². The molecule has 7 nitrogen and oxygen atoms in total. The van der Waals surface area contributed by atoms with Gasteiger partial charge < -0.3 is 19.5 Å². The molecule has 1 N–H and O–H groups in total. The number of carboxylic acids is 1. The van der Waals surface area contributed by atoms with Crippen LogP contribution in [0.1, 0.15) is 13.3 Å². The van der Waals surface area contributed by atoms with Crippen LogP contribution in [0.4, 0.5) is 0 Å². The number of ether oxygens (including phenoxy) is 2. The van der Waals surface area contributed by atoms with Gasteiger partial charge in [-0.1, -0.05) is 6.92 Å². The van der Waals surface area contributed by atoms with Gasteiger partial charge in [-0.2, -0.15) is 0 Å². The fraction of sp³-hybridized carbons (Fsp3) is 0.500. The van der Waals surface area contributed by atoms with Crippen LogP contribution in [0.25, 0.3) is 0 Å². The number of hydrogen-bond acceptors (Lipinski definition) is 5. The van der Waals surface area contributed by atoms with Crippen molar-refractivity contribution in [3.63, 3.8) is 0 Å². The average molecular weight is 355 g/mol. The first-order valence-electron chi connectivity index (χ1n) is 7.63. The van der Waals surface area contributed by atoms with Crippen LogP contribution < -0.4 is 9.47 Å². The molecule has 0 saturated heterocycles. The second-order valence-corrected chi connectivity index (χ2v) is 7.19. The van der Waals surface area contributed by atoms with E-state index in [0.29, 0.717) is 29.6 Å². The summed E-state index contributed by atoms with van der Waals surface area (Å²) < 4.78 is 23.2. The third-order valence-electron chi connectivity index (χ3n) is 3.67. The summed E-state index contributed by atoms with van der Waals surface area (Å²) in [6, 6.07) is 5.08. The molecule has 24 heavy (non-hydrogen) atoms. The van der Waals surface area contributed by atoms with E-state index in [2.05, 4.69) is 0 Å². The van der Waals surface area contributed by atoms with Crippen LogP contribution in [-0.4, -0.2) is 58.7 Å². The number of benzene rings is 1. The molecule has 2 rings (SSSR count). The summed E-state index contributed by atoms with van der Waals surface area (Å²) in [6.45, 7) is 2.61. The van der Waals surface area contributed by atoms with Crippen molar-refractivity contribution in [3.8, 4) is 11.5 Å². The molecule has 1 amide bonds. The van der Waals surface area contributed by atoms with Crippen LogP contribution in [0.3, 0.4) is 0 Å². The topological polar surface area (TPSA) is 93.1 Å². The predicted octanol–water partition coefficient (Wildman–Crippen LogP) is 1.13. The van der Waals surface area contributed by atoms with Crippen molar-refractivity contribution in [2.24, 2.45) is 5.92 Å². The van der Waals surface area contributed by atoms with Gasteiger partial charge in [-0.3, -0.25) is 13.8 Å². The first kappa shape index (κ1) is 18.3. The lowest BCUT2D eigenvalue weighted by molar-refractivity contribution is -0.142. The lowest BCUT2D eigenvalue weighted by atomic mass is 10.2. The first-order valence-corrected chi connectivity index (χ1v) is 8.95. The van der Waals surface area contributed by atoms with Crippen molar-refractivity contribution in [2.45, 2.75) is 18.2 Å². The van der Waals surface area contributed by atoms with Gasteiger partial charge in [-0.15, -0.1) is 0 Å². The third-order valence-corrected chi connectivity index (χ3v) is 5.03. The van der Waals surface area contributed by atoms with Crippen LogP contribution in [0.5, 0.6) is 11.5 Å². The van der Waals surface area contributed by atoms with Crippen molar-refractivity contribution in [1.82, 2.24) is 4.90 Å². The van der Waals surface area contributed by atoms with E-state index in [1.54, 1.807) is 32.2 Å². The number of carbonyl (C=O) groups excluding carboxylic acids is 1. The SMILES string of the molecule is CC(CN(C)C(=O)CCS(=O)c1ccc2c(c1)OCCO2)C(=O)O. The Morgan fingerprint density at radius 2 is 1.96 bits per heavy atom. The monoisotopic (exact) mass is 355 g/mol. The van der Waals surface area contributed by atoms with Crippen LogP contribution in [0.15, 0.2) is 23.1 Å². The molecule has 1 aromatic carbocycles. The highest BCUT2D eigenvalue weighted by molar-refractivity contribution is 7.85. The molecular weight excluding hydrogens is 334 g/mol. The van der Waals surface area contributed by atoms with Gasteiger partial charge in [-0.05, 0) is 12.1 Å². The Bertz CT molecular complexity index is 647. The molecule has 2 atom stereocenters. The minimum Gasteiger partial charge on any atom is -0.486 e. The Labute approximate surface area is 143 Å². The van der Waals surface area contributed by atoms with Crippen molar-refractivity contribution in [1.29, 1.82) is 0 Å². The van der Waals surface area contributed by atoms with E-state index in [1.165, 1.54) is 4.90 Å². The number of rotatable bonds is 7. The van der Waals surface area contributed by atoms with Crippen LogP contribution in [0.2, 0.25) is 0 Å². The Morgan fingerprint density at radius 3 is 2.62 bits per heavy atom. The lowest BCUT2D eigenvalue weighted by Crippen LogP contribution is -2.34. The van der Waals surface area contributed by atoms with Gasteiger partial charge >= 0.3 is 5.97 Å². The molecule has 0 aromatic heterocycles. The maximum atomic E-state index is 12.3. The highest BCUT2D eigenvalue weighted by Gasteiger charge is 2.19. The van der Waals surface area contributed by atoms with Gasteiger partial charge in [-0.25, -0.2) is 0 Å². The summed E-state index contributed by atoms with van der Waals surface area (Å²) in [4.78, 5) is 24.8. The molecule has 2 unspecified atom stereocenters. The van der Waals surface area contributed by atoms with Gasteiger partial charge in [0.05, 0.1) is 16.7 Å². The Kier molecular flexibility index (Phi) is 6.19. The largest absolute Gasteiger partial charge is 0.486 e. The van der Waals surface area contributed by atoms with E-state index in [-0.39, 0.29) is 24.6 Å². The normalized spacial score (nSPS) is 15.4. The van der Waals surface area contributed by atoms with E-state index >= 15 is 0 Å². The van der Waals surface area contributed by atoms with E-state index in [9.17, 15) is 13.8 Å². The molecule has 8 heteroatoms. The highest BCUT2D eigenvalue weighted by atomic mass is 32.2. The number of fused-ring (bicyclic) bond motifs is 1. The van der Waals surface area contributed by atoms with Gasteiger partial charge in [0.15, 0.2) is 11.5 Å². The molecule has 1 aromatic rings. The minimum atomic E-state index is -1.34. The standard InChI is InChI=1S/C16H21NO6S/c1-11(16(19)20)10-17(2)15(18)5-8-24(21)12-3-4-13-14(9-12)23-7-6-22-13/h3-4,9,11H,5-8,10H2,1-2H3,(H,19,20). The predicted molar refractivity (Wildman–Crippen MR) is 87.8 cm³/mol. The van der Waals surface area contributed by atoms with Gasteiger partial charge in [0, 0.05) is 36.7 Å². The minimum absolute atomic E-state index is 0.0872. The Balaban J connectivity index is 1.88. The van der Waals surface area contributed by atoms with E-state index < -0.39 is 22.7 Å². The van der Waals surface area contributed by atoms with Gasteiger partial charge in [0.25, 0.3) is 0 Å². The summed E-state index contributed by atoms with van der Waals surface area (Å²) in [6.07, 6.45) is 0.0872. The zero-order valence-corrected chi connectivity index (χ0v) is 14.5. The average Bonchev–Trinajstić information content (AvgIpc) is 2.58. The summed E-state index contributed by atoms with van der Waals surface area (Å²) >= 11 is 0. The lowest BCUT2D eigenvalue weighted by Gasteiger charge is -2.20. The maximum Gasteiger partial charge on any atom is 0.308 e. The van der Waals surface area contributed by atoms with Crippen molar-refractivity contribution in [3.05, 3.63) is 18.2 Å². The molecule has 0 spiro atoms. The van der Waals surface area contributed by atoms with Gasteiger partial charge in [0.2, 0.25) is 5.91 Å². The highest BCUT2D eigenvalue weighted by Crippen LogP contribution is 2.31. The number of carbonyl (C=O) groups is 2. The second-order valence-electron chi connectivity index (χ2n) is 5.62. The summed E-state index contributed by atoms with van der Waals surface area (Å²) in [5.41, 5.74) is 0. The Hall–Kier alpha value is -2.09. The molecule has 0 radical (unpaired) electrons. The zero-order valence-electron chi connectivity index (χ0n) is 13.7. The molecule has 132 valence electrons. The first-order chi connectivity index (χ1) is 11.4. The molecule has 0 saturated carbocycles. The Morgan fingerprint density at radius 1 is 1.29 bits per heavy atom. The number of carboxylic acid groups (broad SMARTS) is 1. The molecule has 1 heterocycles. The number of aliphatic carboxylic acids is 1. The van der Waals surface area contributed by atoms with Crippen molar-refractivity contribution in [2.75, 3.05) is 32.6 Å². The second kappa shape index (κ2) is 8.14. The van der Waals surface area contributed by atoms with E-state index in [4.69, 9.17) is 14.6 Å². The summed E-state index contributed by atoms with van der Waals surface area (Å²) in [5, 5.41) is 8.87. The zero-order chi connectivity index (χ0) is 17.7. The van der Waals surface area contributed by atoms with Crippen LogP contribution >= 0.6 is 0 Å². The third kappa shape index (κ3) is 4.70. The molecular formula is C16H21NO6S. The maximum absolute atomic E-state index is 12.3. The summed E-state index contributed by atoms with van der Waals surface area (Å²) in [5.74, 6) is -0.457. The summed E-state index contributed by atoms with van der Waals surface area (Å²) in [7, 11) is 0.211. The van der Waals surface area contributed by atoms with Crippen LogP contribution in [0, 0.1) is 5.92 Å². The quantitative estimate of drug-likeness (QED) is 0.788. The molecule has 0 aliphatic carbocycles. The fourth-order valence-electron chi connectivity index (χ4n) is 2.24. The van der Waals surface area contributed by atoms with E-state index in [1.807, 2.05) is 0 Å². The van der Waals surface area contributed by atoms with E-state index in [0.717, 1.165) is 0 Å². The molecule has 0 fully saturated rings. The van der Waals surface area contributed by atoms with Crippen molar-refractivity contribution >= 4 is 22.7 Å². The molecule has 1 aliphatic rings. The number of hydrogen-bond donors (Lipinski definition) is 1. The van der Waals surface area contributed by atoms with Gasteiger partial charge in [0.1, 0.15) is 13.2 Å². The molecule has 0 bridgehead atoms. The smallest absolute Gasteiger partial charge is 0.308 e. The fourth-order valence-corrected chi connectivity index (χ4v) is 3.30. The number of amides is 1. The van der Waals surface area contributed by atoms with Crippen molar-refractivity contribution < 1.29 is 28.4 Å².